The fourth-order valence-corrected chi connectivity index (χ4v) is 1.01. The van der Waals surface area contributed by atoms with Crippen LogP contribution in [0.15, 0.2) is 18.2 Å². The Labute approximate surface area is 67.7 Å². The number of aldehydes is 1. The Kier molecular flexibility index (Phi) is 1.46. The van der Waals surface area contributed by atoms with Crippen LogP contribution in [0.5, 0.6) is 11.5 Å². The Morgan fingerprint density at radius 3 is 2.83 bits per heavy atom. The molecule has 1 aliphatic heterocycles. The second kappa shape index (κ2) is 2.48. The maximum Gasteiger partial charge on any atom is 0.397 e. The highest BCUT2D eigenvalue weighted by atomic mass is 19.2. The predicted octanol–water partition coefficient (Wildman–Crippen LogP) is 1.52. The molecule has 0 radical (unpaired) electrons. The van der Waals surface area contributed by atoms with Crippen molar-refractivity contribution in [3.8, 4) is 11.5 Å². The Morgan fingerprint density at radius 2 is 2.08 bits per heavy atom. The van der Waals surface area contributed by atoms with Crippen LogP contribution in [0.1, 0.15) is 10.4 Å². The van der Waals surface area contributed by atoms with E-state index >= 15 is 0 Å². The highest BCUT2D eigenvalue weighted by Gasteiger charge is 2.22. The molecule has 1 aliphatic rings. The normalized spacial score (nSPS) is 19.2. The quantitative estimate of drug-likeness (QED) is 0.596. The first kappa shape index (κ1) is 7.09. The van der Waals surface area contributed by atoms with Gasteiger partial charge in [0.05, 0.1) is 0 Å². The summed E-state index contributed by atoms with van der Waals surface area (Å²) in [5.41, 5.74) is 0.437. The first-order valence-electron chi connectivity index (χ1n) is 3.36. The topological polar surface area (TPSA) is 35.5 Å². The molecule has 0 bridgehead atoms. The Morgan fingerprint density at radius 1 is 1.33 bits per heavy atom. The van der Waals surface area contributed by atoms with E-state index in [4.69, 9.17) is 0 Å². The van der Waals surface area contributed by atoms with Gasteiger partial charge in [0.25, 0.3) is 0 Å². The number of carbonyl (C=O) groups excluding carboxylic acids is 1. The number of alkyl halides is 1. The molecule has 1 heterocycles. The van der Waals surface area contributed by atoms with Gasteiger partial charge < -0.3 is 9.47 Å². The van der Waals surface area contributed by atoms with E-state index in [-0.39, 0.29) is 5.75 Å². The zero-order valence-corrected chi connectivity index (χ0v) is 5.99. The summed E-state index contributed by atoms with van der Waals surface area (Å²) in [7, 11) is 0. The van der Waals surface area contributed by atoms with Gasteiger partial charge >= 0.3 is 6.54 Å². The summed E-state index contributed by atoms with van der Waals surface area (Å²) in [5.74, 6) is 0.597. The molecule has 0 saturated carbocycles. The number of fused-ring (bicyclic) bond motifs is 1. The Balaban J connectivity index is 2.41. The summed E-state index contributed by atoms with van der Waals surface area (Å²) in [6.45, 7) is -1.75. The molecule has 0 amide bonds. The van der Waals surface area contributed by atoms with Crippen molar-refractivity contribution in [3.63, 3.8) is 0 Å². The van der Waals surface area contributed by atoms with Crippen molar-refractivity contribution in [3.05, 3.63) is 23.8 Å². The lowest BCUT2D eigenvalue weighted by atomic mass is 10.2. The van der Waals surface area contributed by atoms with Crippen LogP contribution in [0.2, 0.25) is 0 Å². The molecule has 0 fully saturated rings. The molecule has 4 heteroatoms. The van der Waals surface area contributed by atoms with Gasteiger partial charge in [-0.25, -0.2) is 0 Å². The molecular weight excluding hydrogens is 163 g/mol. The van der Waals surface area contributed by atoms with Gasteiger partial charge in [-0.3, -0.25) is 4.79 Å². The molecule has 0 N–H and O–H groups in total. The molecule has 12 heavy (non-hydrogen) atoms. The first-order valence-corrected chi connectivity index (χ1v) is 3.36. The lowest BCUT2D eigenvalue weighted by molar-refractivity contribution is -0.0652. The summed E-state index contributed by atoms with van der Waals surface area (Å²) in [6.07, 6.45) is 0.662. The minimum atomic E-state index is -1.75. The van der Waals surface area contributed by atoms with Crippen LogP contribution < -0.4 is 9.47 Å². The van der Waals surface area contributed by atoms with Crippen molar-refractivity contribution >= 4 is 6.29 Å². The number of ether oxygens (including phenoxy) is 2. The average Bonchev–Trinajstić information content (AvgIpc) is 2.43. The van der Waals surface area contributed by atoms with Crippen LogP contribution >= 0.6 is 0 Å². The predicted molar refractivity (Wildman–Crippen MR) is 38.0 cm³/mol. The van der Waals surface area contributed by atoms with Crippen LogP contribution in [-0.4, -0.2) is 12.8 Å². The van der Waals surface area contributed by atoms with Gasteiger partial charge in [0.15, 0.2) is 11.5 Å². The van der Waals surface area contributed by atoms with E-state index in [0.717, 1.165) is 0 Å². The second-order valence-corrected chi connectivity index (χ2v) is 2.33. The van der Waals surface area contributed by atoms with Crippen LogP contribution in [0.25, 0.3) is 0 Å². The summed E-state index contributed by atoms with van der Waals surface area (Å²) in [4.78, 5) is 10.3. The third-order valence-electron chi connectivity index (χ3n) is 1.54. The third-order valence-corrected chi connectivity index (χ3v) is 1.54. The number of carbonyl (C=O) groups is 1. The maximum absolute atomic E-state index is 12.4. The first-order chi connectivity index (χ1) is 5.79. The van der Waals surface area contributed by atoms with Gasteiger partial charge in [-0.05, 0) is 18.2 Å². The number of hydrogen-bond acceptors (Lipinski definition) is 3. The minimum absolute atomic E-state index is 0.270. The van der Waals surface area contributed by atoms with Gasteiger partial charge in [0, 0.05) is 5.56 Å². The minimum Gasteiger partial charge on any atom is -0.425 e. The molecule has 0 spiro atoms. The average molecular weight is 168 g/mol. The van der Waals surface area contributed by atoms with E-state index in [1.54, 1.807) is 0 Å². The molecule has 1 aromatic rings. The molecule has 0 aliphatic carbocycles. The van der Waals surface area contributed by atoms with Gasteiger partial charge in [0.1, 0.15) is 6.29 Å². The fraction of sp³-hybridized carbons (Fsp3) is 0.125. The summed E-state index contributed by atoms with van der Waals surface area (Å²) >= 11 is 0. The molecule has 1 unspecified atom stereocenters. The molecule has 2 rings (SSSR count). The standard InChI is InChI=1S/C8H5FO3/c9-8-11-6-2-1-5(4-10)3-7(6)12-8/h1-4,8H. The lowest BCUT2D eigenvalue weighted by Gasteiger charge is -1.94. The zero-order valence-electron chi connectivity index (χ0n) is 5.99. The lowest BCUT2D eigenvalue weighted by Crippen LogP contribution is -2.09. The molecule has 62 valence electrons. The highest BCUT2D eigenvalue weighted by molar-refractivity contribution is 5.76. The monoisotopic (exact) mass is 168 g/mol. The SMILES string of the molecule is O=Cc1ccc2c(c1)OC(F)O2. The number of rotatable bonds is 1. The zero-order chi connectivity index (χ0) is 8.55. The molecule has 1 aromatic carbocycles. The number of hydrogen-bond donors (Lipinski definition) is 0. The Bertz CT molecular complexity index is 324. The highest BCUT2D eigenvalue weighted by Crippen LogP contribution is 2.35. The second-order valence-electron chi connectivity index (χ2n) is 2.33. The van der Waals surface area contributed by atoms with Gasteiger partial charge in [-0.2, -0.15) is 4.39 Å². The van der Waals surface area contributed by atoms with Gasteiger partial charge in [-0.1, -0.05) is 0 Å². The van der Waals surface area contributed by atoms with E-state index < -0.39 is 6.54 Å². The molecule has 3 nitrogen and oxygen atoms in total. The van der Waals surface area contributed by atoms with Crippen LogP contribution in [0, 0.1) is 0 Å². The fourth-order valence-electron chi connectivity index (χ4n) is 1.01. The summed E-state index contributed by atoms with van der Waals surface area (Å²) in [5, 5.41) is 0. The summed E-state index contributed by atoms with van der Waals surface area (Å²) < 4.78 is 21.6. The molecule has 0 aromatic heterocycles. The number of halogens is 1. The number of benzene rings is 1. The van der Waals surface area contributed by atoms with Crippen molar-refractivity contribution in [2.24, 2.45) is 0 Å². The third kappa shape index (κ3) is 1.01. The Hall–Kier alpha value is -1.58. The molecular formula is C8H5FO3. The largest absolute Gasteiger partial charge is 0.425 e. The van der Waals surface area contributed by atoms with E-state index in [1.807, 2.05) is 0 Å². The van der Waals surface area contributed by atoms with Crippen LogP contribution in [-0.2, 0) is 0 Å². The van der Waals surface area contributed by atoms with Crippen molar-refractivity contribution in [2.75, 3.05) is 0 Å². The van der Waals surface area contributed by atoms with E-state index in [2.05, 4.69) is 9.47 Å². The molecule has 1 atom stereocenters. The van der Waals surface area contributed by atoms with E-state index in [9.17, 15) is 9.18 Å². The van der Waals surface area contributed by atoms with Crippen LogP contribution in [0.3, 0.4) is 0 Å². The maximum atomic E-state index is 12.4. The van der Waals surface area contributed by atoms with Crippen molar-refractivity contribution in [2.45, 2.75) is 6.54 Å². The van der Waals surface area contributed by atoms with Gasteiger partial charge in [0.2, 0.25) is 0 Å². The van der Waals surface area contributed by atoms with Crippen molar-refractivity contribution in [1.82, 2.24) is 0 Å². The van der Waals surface area contributed by atoms with Gasteiger partial charge in [-0.15, -0.1) is 0 Å². The van der Waals surface area contributed by atoms with Crippen molar-refractivity contribution < 1.29 is 18.7 Å². The van der Waals surface area contributed by atoms with E-state index in [1.165, 1.54) is 18.2 Å². The molecule has 0 saturated heterocycles. The summed E-state index contributed by atoms with van der Waals surface area (Å²) in [6, 6.07) is 4.47. The smallest absolute Gasteiger partial charge is 0.397 e. The van der Waals surface area contributed by atoms with Crippen LogP contribution in [0.4, 0.5) is 4.39 Å². The van der Waals surface area contributed by atoms with E-state index in [0.29, 0.717) is 17.6 Å². The van der Waals surface area contributed by atoms with Crippen molar-refractivity contribution in [1.29, 1.82) is 0 Å².